The lowest BCUT2D eigenvalue weighted by molar-refractivity contribution is -0.140. The van der Waals surface area contributed by atoms with Gasteiger partial charge in [0, 0.05) is 5.56 Å². The maximum Gasteiger partial charge on any atom is 0.296 e. The van der Waals surface area contributed by atoms with Crippen LogP contribution >= 0.6 is 0 Å². The van der Waals surface area contributed by atoms with Crippen molar-refractivity contribution in [3.63, 3.8) is 0 Å². The number of ketones is 1. The Morgan fingerprint density at radius 3 is 2.36 bits per heavy atom. The molecule has 1 aliphatic heterocycles. The first-order valence-electron chi connectivity index (χ1n) is 8.68. The smallest absolute Gasteiger partial charge is 0.296 e. The lowest BCUT2D eigenvalue weighted by Crippen LogP contribution is -2.29. The van der Waals surface area contributed by atoms with E-state index in [-0.39, 0.29) is 17.9 Å². The van der Waals surface area contributed by atoms with Crippen LogP contribution in [-0.4, -0.2) is 21.7 Å². The highest BCUT2D eigenvalue weighted by Gasteiger charge is 2.46. The number of hydrogen-bond donors (Lipinski definition) is 1. The van der Waals surface area contributed by atoms with Crippen molar-refractivity contribution in [2.24, 2.45) is 0 Å². The molecule has 3 aromatic rings. The lowest BCUT2D eigenvalue weighted by Gasteiger charge is -2.24. The van der Waals surface area contributed by atoms with E-state index in [9.17, 15) is 19.1 Å². The summed E-state index contributed by atoms with van der Waals surface area (Å²) in [5.74, 6) is -1.75. The molecule has 1 atom stereocenters. The number of nitrogens with zero attached hydrogens (tertiary/aromatic N) is 1. The van der Waals surface area contributed by atoms with Crippen molar-refractivity contribution in [2.45, 2.75) is 12.6 Å². The van der Waals surface area contributed by atoms with Crippen LogP contribution in [0.2, 0.25) is 0 Å². The Hall–Kier alpha value is -3.67. The minimum absolute atomic E-state index is 0.0330. The van der Waals surface area contributed by atoms with Crippen molar-refractivity contribution in [3.8, 4) is 0 Å². The van der Waals surface area contributed by atoms with Gasteiger partial charge in [-0.05, 0) is 29.8 Å². The summed E-state index contributed by atoms with van der Waals surface area (Å²) >= 11 is 0. The fraction of sp³-hybridized carbons (Fsp3) is 0.0909. The average molecular weight is 377 g/mol. The number of aliphatic hydroxyl groups is 1. The molecule has 1 saturated heterocycles. The second kappa shape index (κ2) is 7.15. The number of halogens is 1. The number of amides is 1. The van der Waals surface area contributed by atoms with Gasteiger partial charge in [-0.1, -0.05) is 42.5 Å². The summed E-state index contributed by atoms with van der Waals surface area (Å²) in [6.45, 7) is 0.0468. The van der Waals surface area contributed by atoms with Crippen molar-refractivity contribution in [1.82, 2.24) is 4.90 Å². The third-order valence-corrected chi connectivity index (χ3v) is 4.68. The molecule has 1 aromatic heterocycles. The average Bonchev–Trinajstić information content (AvgIpc) is 3.31. The maximum absolute atomic E-state index is 13.4. The van der Waals surface area contributed by atoms with Crippen molar-refractivity contribution >= 4 is 17.4 Å². The van der Waals surface area contributed by atoms with Crippen LogP contribution in [0.1, 0.15) is 22.9 Å². The highest BCUT2D eigenvalue weighted by molar-refractivity contribution is 6.46. The Morgan fingerprint density at radius 2 is 1.71 bits per heavy atom. The zero-order valence-corrected chi connectivity index (χ0v) is 14.7. The molecule has 4 rings (SSSR count). The molecule has 1 aliphatic rings. The summed E-state index contributed by atoms with van der Waals surface area (Å²) in [5, 5.41) is 10.8. The topological polar surface area (TPSA) is 70.8 Å². The SMILES string of the molecule is O=C1C(=O)N(Cc2ccco2)C(c2ccc(F)cc2)C1=C(O)c1ccccc1. The Kier molecular flexibility index (Phi) is 4.53. The van der Waals surface area contributed by atoms with E-state index in [1.165, 1.54) is 35.4 Å². The van der Waals surface area contributed by atoms with Gasteiger partial charge in [-0.3, -0.25) is 9.59 Å². The van der Waals surface area contributed by atoms with Gasteiger partial charge in [0.2, 0.25) is 0 Å². The highest BCUT2D eigenvalue weighted by Crippen LogP contribution is 2.40. The number of Topliss-reactive ketones (excluding diaryl/α,β-unsaturated/α-hetero) is 1. The van der Waals surface area contributed by atoms with Crippen molar-refractivity contribution in [1.29, 1.82) is 0 Å². The predicted molar refractivity (Wildman–Crippen MR) is 99.4 cm³/mol. The number of likely N-dealkylation sites (tertiary alicyclic amines) is 1. The molecule has 0 saturated carbocycles. The van der Waals surface area contributed by atoms with E-state index in [2.05, 4.69) is 0 Å². The molecule has 1 unspecified atom stereocenters. The quantitative estimate of drug-likeness (QED) is 0.423. The van der Waals surface area contributed by atoms with Gasteiger partial charge in [0.25, 0.3) is 11.7 Å². The molecule has 0 aliphatic carbocycles. The molecule has 28 heavy (non-hydrogen) atoms. The fourth-order valence-electron chi connectivity index (χ4n) is 3.36. The minimum atomic E-state index is -0.856. The molecule has 6 heteroatoms. The summed E-state index contributed by atoms with van der Waals surface area (Å²) in [6, 6.07) is 16.6. The molecule has 1 amide bonds. The van der Waals surface area contributed by atoms with E-state index in [1.54, 1.807) is 42.5 Å². The Balaban J connectivity index is 1.86. The number of rotatable bonds is 4. The summed E-state index contributed by atoms with van der Waals surface area (Å²) in [6.07, 6.45) is 1.47. The lowest BCUT2D eigenvalue weighted by atomic mass is 9.95. The van der Waals surface area contributed by atoms with Crippen LogP contribution in [0.15, 0.2) is 83.0 Å². The fourth-order valence-corrected chi connectivity index (χ4v) is 3.36. The maximum atomic E-state index is 13.4. The van der Waals surface area contributed by atoms with Crippen LogP contribution in [0, 0.1) is 5.82 Å². The van der Waals surface area contributed by atoms with Crippen LogP contribution < -0.4 is 0 Å². The minimum Gasteiger partial charge on any atom is -0.507 e. The van der Waals surface area contributed by atoms with E-state index < -0.39 is 23.5 Å². The van der Waals surface area contributed by atoms with Gasteiger partial charge in [0.15, 0.2) is 0 Å². The van der Waals surface area contributed by atoms with E-state index in [0.717, 1.165) is 0 Å². The monoisotopic (exact) mass is 377 g/mol. The van der Waals surface area contributed by atoms with Crippen LogP contribution in [-0.2, 0) is 16.1 Å². The molecule has 0 spiro atoms. The van der Waals surface area contributed by atoms with E-state index >= 15 is 0 Å². The van der Waals surface area contributed by atoms with Crippen LogP contribution in [0.3, 0.4) is 0 Å². The molecular formula is C22H16FNO4. The molecule has 5 nitrogen and oxygen atoms in total. The second-order valence-corrected chi connectivity index (χ2v) is 6.42. The molecule has 140 valence electrons. The van der Waals surface area contributed by atoms with Gasteiger partial charge in [-0.25, -0.2) is 4.39 Å². The first kappa shape index (κ1) is 17.7. The first-order valence-corrected chi connectivity index (χ1v) is 8.68. The summed E-state index contributed by atoms with van der Waals surface area (Å²) < 4.78 is 18.7. The van der Waals surface area contributed by atoms with Gasteiger partial charge in [0.1, 0.15) is 17.3 Å². The van der Waals surface area contributed by atoms with Crippen molar-refractivity contribution < 1.29 is 23.5 Å². The van der Waals surface area contributed by atoms with Crippen molar-refractivity contribution in [2.75, 3.05) is 0 Å². The predicted octanol–water partition coefficient (Wildman–Crippen LogP) is 4.04. The first-order chi connectivity index (χ1) is 13.6. The molecule has 0 bridgehead atoms. The Morgan fingerprint density at radius 1 is 1.00 bits per heavy atom. The number of carbonyl (C=O) groups excluding carboxylic acids is 2. The molecule has 2 aromatic carbocycles. The number of furan rings is 1. The highest BCUT2D eigenvalue weighted by atomic mass is 19.1. The zero-order valence-electron chi connectivity index (χ0n) is 14.7. The Labute approximate surface area is 160 Å². The summed E-state index contributed by atoms with van der Waals surface area (Å²) in [5.41, 5.74) is 0.907. The third-order valence-electron chi connectivity index (χ3n) is 4.68. The van der Waals surface area contributed by atoms with Gasteiger partial charge in [0.05, 0.1) is 24.4 Å². The molecule has 1 fully saturated rings. The van der Waals surface area contributed by atoms with E-state index in [4.69, 9.17) is 4.42 Å². The summed E-state index contributed by atoms with van der Waals surface area (Å²) in [7, 11) is 0. The van der Waals surface area contributed by atoms with Gasteiger partial charge in [-0.15, -0.1) is 0 Å². The normalized spacial score (nSPS) is 18.6. The molecule has 2 heterocycles. The number of aliphatic hydroxyl groups excluding tert-OH is 1. The van der Waals surface area contributed by atoms with Gasteiger partial charge in [-0.2, -0.15) is 0 Å². The number of carbonyl (C=O) groups is 2. The van der Waals surface area contributed by atoms with Crippen LogP contribution in [0.4, 0.5) is 4.39 Å². The van der Waals surface area contributed by atoms with Crippen LogP contribution in [0.25, 0.3) is 5.76 Å². The van der Waals surface area contributed by atoms with Crippen molar-refractivity contribution in [3.05, 3.63) is 101 Å². The number of benzene rings is 2. The largest absolute Gasteiger partial charge is 0.507 e. The molecular weight excluding hydrogens is 361 g/mol. The molecule has 0 radical (unpaired) electrons. The standard InChI is InChI=1S/C22H16FNO4/c23-16-10-8-14(9-11-16)19-18(20(25)15-5-2-1-3-6-15)21(26)22(27)24(19)13-17-7-4-12-28-17/h1-12,19,25H,13H2. The van der Waals surface area contributed by atoms with E-state index in [0.29, 0.717) is 16.9 Å². The summed E-state index contributed by atoms with van der Waals surface area (Å²) in [4.78, 5) is 26.9. The van der Waals surface area contributed by atoms with Gasteiger partial charge < -0.3 is 14.4 Å². The Bertz CT molecular complexity index is 1040. The van der Waals surface area contributed by atoms with Gasteiger partial charge >= 0.3 is 0 Å². The molecule has 1 N–H and O–H groups in total. The second-order valence-electron chi connectivity index (χ2n) is 6.42. The van der Waals surface area contributed by atoms with E-state index in [1.807, 2.05) is 0 Å². The zero-order chi connectivity index (χ0) is 19.7. The van der Waals surface area contributed by atoms with Crippen LogP contribution in [0.5, 0.6) is 0 Å². The number of hydrogen-bond acceptors (Lipinski definition) is 4. The third kappa shape index (κ3) is 3.09.